The highest BCUT2D eigenvalue weighted by atomic mass is 16.6. The van der Waals surface area contributed by atoms with E-state index in [1.54, 1.807) is 0 Å². The molecule has 4 saturated carbocycles. The molecule has 18 atom stereocenters. The van der Waals surface area contributed by atoms with Crippen molar-refractivity contribution in [1.82, 2.24) is 5.32 Å². The minimum absolute atomic E-state index is 0.358. The Kier molecular flexibility index (Phi) is 9.40. The zero-order valence-corrected chi connectivity index (χ0v) is 47.9. The first kappa shape index (κ1) is 50.4. The first-order chi connectivity index (χ1) is 42.5. The number of imide groups is 1. The van der Waals surface area contributed by atoms with Crippen molar-refractivity contribution in [2.75, 3.05) is 28.4 Å². The Morgan fingerprint density at radius 1 is 0.356 bits per heavy atom. The molecule has 6 aliphatic carbocycles. The second kappa shape index (κ2) is 16.2. The maximum Gasteiger partial charge on any atom is 0.314 e. The fraction of sp³-hybridized carbons (Fsp3) is 0.324. The minimum atomic E-state index is -1.86. The molecular weight excluding hydrogens is 1090 g/mol. The molecule has 1 N–H and O–H groups in total. The Hall–Kier alpha value is -8.78. The van der Waals surface area contributed by atoms with Crippen molar-refractivity contribution < 1.29 is 57.2 Å². The predicted octanol–water partition coefficient (Wildman–Crippen LogP) is 10.9. The summed E-state index contributed by atoms with van der Waals surface area (Å²) in [5.41, 5.74) is 0.707. The van der Waals surface area contributed by atoms with Gasteiger partial charge >= 0.3 is 23.9 Å². The number of nitrogens with one attached hydrogen (secondary N) is 1. The van der Waals surface area contributed by atoms with Crippen LogP contribution in [-0.2, 0) is 57.2 Å². The zero-order chi connectivity index (χ0) is 58.8. The van der Waals surface area contributed by atoms with Gasteiger partial charge in [0.05, 0.1) is 74.5 Å². The SMILES string of the molecule is COC(=O)[C@@]12[C@@H]3[C@@H]([C@@H]4O[C@H]3C35C(=O)NC(=O)C43[C@@H]3O[C@H]5[C@@H]4[C@H]3[C@@]3(C(=O)OC)[C@@H]5C[C@@H](c6c5c(-c5ccccc5)c5ccccc5c6-c5ccccc5)[C@@]43C(=O)OC)[C@]1(C(=O)OC)[C@H]1C[C@@H]2c2c1c(-c1ccccc1)c1ccccc1c2-c1ccccc1. The van der Waals surface area contributed by atoms with Crippen molar-refractivity contribution in [1.29, 1.82) is 0 Å². The molecule has 8 aromatic rings. The molecule has 19 rings (SSSR count). The molecule has 87 heavy (non-hydrogen) atoms. The number of esters is 4. The van der Waals surface area contributed by atoms with Gasteiger partial charge < -0.3 is 28.4 Å². The molecule has 9 fully saturated rings. The molecule has 0 aromatic heterocycles. The number of carbonyl (C=O) groups is 6. The number of ether oxygens (including phenoxy) is 6. The summed E-state index contributed by atoms with van der Waals surface area (Å²) < 4.78 is 39.8. The van der Waals surface area contributed by atoms with Crippen LogP contribution in [0.25, 0.3) is 66.1 Å². The van der Waals surface area contributed by atoms with Crippen molar-refractivity contribution in [2.45, 2.75) is 60.9 Å². The molecule has 5 aliphatic heterocycles. The smallest absolute Gasteiger partial charge is 0.314 e. The van der Waals surface area contributed by atoms with E-state index in [9.17, 15) is 0 Å². The molecule has 2 amide bonds. The van der Waals surface area contributed by atoms with E-state index in [0.29, 0.717) is 12.8 Å². The summed E-state index contributed by atoms with van der Waals surface area (Å²) in [6.07, 6.45) is -4.15. The lowest BCUT2D eigenvalue weighted by Crippen LogP contribution is -2.85. The third-order valence-electron chi connectivity index (χ3n) is 25.1. The normalized spacial score (nSPS) is 37.6. The number of fused-ring (bicyclic) bond motifs is 32. The molecule has 0 radical (unpaired) electrons. The molecule has 5 saturated heterocycles. The Balaban J connectivity index is 0.882. The Bertz CT molecular complexity index is 3980. The number of hydrogen-bond donors (Lipinski definition) is 1. The van der Waals surface area contributed by atoms with Crippen LogP contribution in [0.2, 0.25) is 0 Å². The number of amides is 2. The van der Waals surface area contributed by atoms with E-state index in [4.69, 9.17) is 28.4 Å². The number of hydrogen-bond acceptors (Lipinski definition) is 12. The maximum absolute atomic E-state index is 16.2. The van der Waals surface area contributed by atoms with Gasteiger partial charge in [-0.2, -0.15) is 0 Å². The van der Waals surface area contributed by atoms with Crippen LogP contribution in [0.1, 0.15) is 58.8 Å². The van der Waals surface area contributed by atoms with Crippen molar-refractivity contribution in [3.8, 4) is 44.5 Å². The van der Waals surface area contributed by atoms with Crippen molar-refractivity contribution in [2.24, 2.45) is 56.2 Å². The second-order valence-electron chi connectivity index (χ2n) is 26.4. The highest BCUT2D eigenvalue weighted by molar-refractivity contribution is 6.17. The fourth-order valence-corrected chi connectivity index (χ4v) is 23.6. The van der Waals surface area contributed by atoms with E-state index in [2.05, 4.69) is 78.1 Å². The average molecular weight is 1150 g/mol. The van der Waals surface area contributed by atoms with Gasteiger partial charge in [-0.25, -0.2) is 0 Å². The second-order valence-corrected chi connectivity index (χ2v) is 26.4. The summed E-state index contributed by atoms with van der Waals surface area (Å²) in [7, 11) is 5.41. The van der Waals surface area contributed by atoms with Gasteiger partial charge in [-0.3, -0.25) is 34.1 Å². The summed E-state index contributed by atoms with van der Waals surface area (Å²) in [5, 5.41) is 6.77. The standard InChI is InChI=1S/C74H57NO12/c1-82-65(78)69-43-33-44(52-48(36-23-11-6-12-24-36)40-30-18-17-29-39(40)47(51(43)52)35-21-9-5-10-22-35)70(69,66(79)83-2)56-55(69)59-73-61-57-58(62(87-61)74(73,60(56)86-59)64(77)75-63(73)76)72(68(81)85-4)46-34-45(71(57,72)67(80)84-3)53-49(37-25-13-7-14-26-37)41-31-19-20-32-42(41)50(54(46)53)38-27-15-8-16-28-38/h5-32,43-46,55-62H,33-34H2,1-4H3,(H,75,76,77)/t43-,44+,45+,46-,55-,56+,57+,58-,59-,60+,61+,62-,69-,70+,71+,72-,73?,74?. The first-order valence-electron chi connectivity index (χ1n) is 30.4. The van der Waals surface area contributed by atoms with Crippen LogP contribution >= 0.6 is 0 Å². The summed E-state index contributed by atoms with van der Waals surface area (Å²) in [4.78, 5) is 97.1. The fourth-order valence-electron chi connectivity index (χ4n) is 23.6. The molecule has 11 aliphatic rings. The van der Waals surface area contributed by atoms with E-state index in [1.807, 2.05) is 97.1 Å². The van der Waals surface area contributed by atoms with E-state index in [0.717, 1.165) is 88.3 Å². The molecule has 2 unspecified atom stereocenters. The molecule has 8 aromatic carbocycles. The lowest BCUT2D eigenvalue weighted by atomic mass is 9.22. The van der Waals surface area contributed by atoms with Gasteiger partial charge in [-0.1, -0.05) is 170 Å². The Morgan fingerprint density at radius 3 is 0.793 bits per heavy atom. The third kappa shape index (κ3) is 4.72. The minimum Gasteiger partial charge on any atom is -0.469 e. The van der Waals surface area contributed by atoms with Crippen LogP contribution in [0, 0.1) is 56.2 Å². The van der Waals surface area contributed by atoms with Crippen LogP contribution in [0.15, 0.2) is 170 Å². The predicted molar refractivity (Wildman–Crippen MR) is 317 cm³/mol. The van der Waals surface area contributed by atoms with E-state index >= 15 is 28.8 Å². The lowest BCUT2D eigenvalue weighted by molar-refractivity contribution is -0.278. The van der Waals surface area contributed by atoms with Gasteiger partial charge in [-0.05, 0) is 101 Å². The highest BCUT2D eigenvalue weighted by Gasteiger charge is 3.08. The monoisotopic (exact) mass is 1150 g/mol. The van der Waals surface area contributed by atoms with Gasteiger partial charge in [0.25, 0.3) is 0 Å². The molecule has 13 nitrogen and oxygen atoms in total. The maximum atomic E-state index is 16.2. The quantitative estimate of drug-likeness (QED) is 0.0662. The average Bonchev–Trinajstić information content (AvgIpc) is 1.41. The summed E-state index contributed by atoms with van der Waals surface area (Å²) in [6.45, 7) is 0. The van der Waals surface area contributed by atoms with Crippen LogP contribution in [0.4, 0.5) is 0 Å². The number of carbonyl (C=O) groups excluding carboxylic acids is 6. The van der Waals surface area contributed by atoms with E-state index in [-0.39, 0.29) is 0 Å². The summed E-state index contributed by atoms with van der Waals surface area (Å²) in [5.74, 6) is -10.0. The Labute approximate surface area is 499 Å². The van der Waals surface area contributed by atoms with Gasteiger partial charge in [0, 0.05) is 47.3 Å². The van der Waals surface area contributed by atoms with Gasteiger partial charge in [0.2, 0.25) is 11.8 Å². The number of methoxy groups -OCH3 is 4. The van der Waals surface area contributed by atoms with Gasteiger partial charge in [0.15, 0.2) is 0 Å². The van der Waals surface area contributed by atoms with Crippen LogP contribution in [0.3, 0.4) is 0 Å². The molecule has 0 spiro atoms. The van der Waals surface area contributed by atoms with Crippen LogP contribution < -0.4 is 5.32 Å². The van der Waals surface area contributed by atoms with Crippen molar-refractivity contribution in [3.05, 3.63) is 192 Å². The third-order valence-corrected chi connectivity index (χ3v) is 25.1. The van der Waals surface area contributed by atoms with E-state index < -0.39 is 140 Å². The van der Waals surface area contributed by atoms with Crippen molar-refractivity contribution in [3.63, 3.8) is 0 Å². The molecule has 13 heteroatoms. The first-order valence-corrected chi connectivity index (χ1v) is 30.4. The molecule has 430 valence electrons. The largest absolute Gasteiger partial charge is 0.469 e. The number of rotatable bonds is 8. The van der Waals surface area contributed by atoms with Gasteiger partial charge in [-0.15, -0.1) is 0 Å². The number of benzene rings is 8. The van der Waals surface area contributed by atoms with Crippen molar-refractivity contribution >= 4 is 57.2 Å². The van der Waals surface area contributed by atoms with Crippen LogP contribution in [-0.4, -0.2) is 88.5 Å². The molecule has 8 bridgehead atoms. The summed E-state index contributed by atoms with van der Waals surface area (Å²) >= 11 is 0. The summed E-state index contributed by atoms with van der Waals surface area (Å²) in [6, 6.07) is 57.1. The lowest BCUT2D eigenvalue weighted by Gasteiger charge is -2.74. The topological polar surface area (TPSA) is 170 Å². The molecule has 5 heterocycles. The highest BCUT2D eigenvalue weighted by Crippen LogP contribution is 2.98. The van der Waals surface area contributed by atoms with Gasteiger partial charge in [0.1, 0.15) is 10.8 Å². The van der Waals surface area contributed by atoms with E-state index in [1.165, 1.54) is 28.4 Å². The Morgan fingerprint density at radius 2 is 0.575 bits per heavy atom. The zero-order valence-electron chi connectivity index (χ0n) is 47.9. The molecular formula is C74H57NO12. The van der Waals surface area contributed by atoms with Crippen LogP contribution in [0.5, 0.6) is 0 Å².